The van der Waals surface area contributed by atoms with Crippen molar-refractivity contribution in [2.75, 3.05) is 6.61 Å². The van der Waals surface area contributed by atoms with E-state index in [1.165, 1.54) is 4.57 Å². The Kier molecular flexibility index (Phi) is 6.43. The minimum Gasteiger partial charge on any atom is -0.463 e. The highest BCUT2D eigenvalue weighted by Gasteiger charge is 2.37. The summed E-state index contributed by atoms with van der Waals surface area (Å²) in [5.41, 5.74) is 7.21. The number of benzene rings is 2. The summed E-state index contributed by atoms with van der Waals surface area (Å²) in [4.78, 5) is 26.5. The summed E-state index contributed by atoms with van der Waals surface area (Å²) in [7, 11) is 0. The van der Waals surface area contributed by atoms with Crippen LogP contribution < -0.4 is 20.5 Å². The van der Waals surface area contributed by atoms with Crippen molar-refractivity contribution in [3.63, 3.8) is 0 Å². The van der Waals surface area contributed by atoms with E-state index in [-0.39, 0.29) is 28.2 Å². The SMILES string of the molecule is CCOC(=O)C1=c2sc(=Cc3ccccc3Cl)c(=O)n2C(N)=C(C#N)[C@H]1c1ccccc1Cl. The number of carbonyl (C=O) groups is 1. The maximum absolute atomic E-state index is 13.3. The Bertz CT molecular complexity index is 1530. The van der Waals surface area contributed by atoms with Crippen LogP contribution in [0.5, 0.6) is 0 Å². The highest BCUT2D eigenvalue weighted by atomic mass is 35.5. The van der Waals surface area contributed by atoms with Crippen LogP contribution in [0.1, 0.15) is 24.0 Å². The molecule has 9 heteroatoms. The molecule has 166 valence electrons. The number of nitrogens with zero attached hydrogens (tertiary/aromatic N) is 2. The van der Waals surface area contributed by atoms with Gasteiger partial charge in [-0.2, -0.15) is 5.26 Å². The molecule has 0 saturated heterocycles. The number of halogens is 2. The Morgan fingerprint density at radius 3 is 2.52 bits per heavy atom. The minimum atomic E-state index is -0.881. The zero-order valence-electron chi connectivity index (χ0n) is 17.3. The molecule has 0 spiro atoms. The smallest absolute Gasteiger partial charge is 0.338 e. The molecule has 0 amide bonds. The topological polar surface area (TPSA) is 98.1 Å². The van der Waals surface area contributed by atoms with Crippen molar-refractivity contribution in [3.05, 3.63) is 94.8 Å². The fourth-order valence-corrected chi connectivity index (χ4v) is 5.30. The van der Waals surface area contributed by atoms with Crippen LogP contribution >= 0.6 is 34.5 Å². The molecule has 3 aromatic rings. The fourth-order valence-electron chi connectivity index (χ4n) is 3.71. The molecule has 0 radical (unpaired) electrons. The number of thiazole rings is 1. The second-order valence-electron chi connectivity index (χ2n) is 7.08. The highest BCUT2D eigenvalue weighted by molar-refractivity contribution is 7.07. The molecular formula is C24H17Cl2N3O3S. The second kappa shape index (κ2) is 9.28. The van der Waals surface area contributed by atoms with Gasteiger partial charge >= 0.3 is 5.97 Å². The maximum atomic E-state index is 13.3. The summed E-state index contributed by atoms with van der Waals surface area (Å²) in [6, 6.07) is 16.0. The first-order valence-corrected chi connectivity index (χ1v) is 11.5. The maximum Gasteiger partial charge on any atom is 0.338 e. The third-order valence-electron chi connectivity index (χ3n) is 5.17. The van der Waals surface area contributed by atoms with Crippen molar-refractivity contribution in [1.82, 2.24) is 4.57 Å². The number of fused-ring (bicyclic) bond motifs is 1. The number of hydrogen-bond donors (Lipinski definition) is 1. The number of hydrogen-bond acceptors (Lipinski definition) is 6. The summed E-state index contributed by atoms with van der Waals surface area (Å²) < 4.78 is 7.09. The highest BCUT2D eigenvalue weighted by Crippen LogP contribution is 2.39. The molecule has 33 heavy (non-hydrogen) atoms. The van der Waals surface area contributed by atoms with Gasteiger partial charge < -0.3 is 10.5 Å². The number of aromatic nitrogens is 1. The van der Waals surface area contributed by atoms with Gasteiger partial charge in [0.25, 0.3) is 5.56 Å². The monoisotopic (exact) mass is 497 g/mol. The summed E-state index contributed by atoms with van der Waals surface area (Å²) in [5.74, 6) is -1.58. The molecule has 1 aliphatic heterocycles. The van der Waals surface area contributed by atoms with Crippen molar-refractivity contribution in [2.24, 2.45) is 5.73 Å². The lowest BCUT2D eigenvalue weighted by atomic mass is 9.84. The van der Waals surface area contributed by atoms with Gasteiger partial charge in [0.2, 0.25) is 0 Å². The Labute approximate surface area is 203 Å². The molecule has 2 heterocycles. The number of ether oxygens (including phenoxy) is 1. The summed E-state index contributed by atoms with van der Waals surface area (Å²) >= 11 is 13.8. The number of nitrogens with two attached hydrogens (primary N) is 1. The molecule has 2 aromatic carbocycles. The van der Waals surface area contributed by atoms with Crippen molar-refractivity contribution in [1.29, 1.82) is 5.26 Å². The number of rotatable bonds is 4. The van der Waals surface area contributed by atoms with Crippen LogP contribution in [-0.4, -0.2) is 17.1 Å². The summed E-state index contributed by atoms with van der Waals surface area (Å²) in [6.45, 7) is 1.80. The van der Waals surface area contributed by atoms with Crippen LogP contribution in [0, 0.1) is 11.3 Å². The Morgan fingerprint density at radius 2 is 1.88 bits per heavy atom. The lowest BCUT2D eigenvalue weighted by Crippen LogP contribution is -2.40. The first kappa shape index (κ1) is 22.9. The number of nitriles is 1. The van der Waals surface area contributed by atoms with Crippen LogP contribution in [0.4, 0.5) is 0 Å². The van der Waals surface area contributed by atoms with E-state index in [2.05, 4.69) is 6.07 Å². The first-order valence-electron chi connectivity index (χ1n) is 9.93. The lowest BCUT2D eigenvalue weighted by molar-refractivity contribution is -0.136. The predicted molar refractivity (Wildman–Crippen MR) is 130 cm³/mol. The summed E-state index contributed by atoms with van der Waals surface area (Å²) in [5, 5.41) is 10.8. The molecule has 2 N–H and O–H groups in total. The third kappa shape index (κ3) is 3.98. The Hall–Kier alpha value is -3.31. The normalized spacial score (nSPS) is 15.9. The van der Waals surface area contributed by atoms with Gasteiger partial charge in [0, 0.05) is 10.0 Å². The van der Waals surface area contributed by atoms with Crippen LogP contribution in [0.25, 0.3) is 17.5 Å². The predicted octanol–water partition coefficient (Wildman–Crippen LogP) is 3.21. The van der Waals surface area contributed by atoms with E-state index < -0.39 is 17.4 Å². The average Bonchev–Trinajstić information content (AvgIpc) is 3.11. The van der Waals surface area contributed by atoms with Gasteiger partial charge in [-0.05, 0) is 36.3 Å². The van der Waals surface area contributed by atoms with Gasteiger partial charge in [-0.1, -0.05) is 59.6 Å². The van der Waals surface area contributed by atoms with Crippen LogP contribution in [0.3, 0.4) is 0 Å². The Morgan fingerprint density at radius 1 is 1.21 bits per heavy atom. The lowest BCUT2D eigenvalue weighted by Gasteiger charge is -2.25. The minimum absolute atomic E-state index is 0.0443. The third-order valence-corrected chi connectivity index (χ3v) is 6.97. The number of carbonyl (C=O) groups excluding carboxylic acids is 1. The van der Waals surface area contributed by atoms with E-state index in [0.29, 0.717) is 25.7 Å². The molecule has 1 aromatic heterocycles. The molecule has 6 nitrogen and oxygen atoms in total. The second-order valence-corrected chi connectivity index (χ2v) is 8.92. The molecule has 0 fully saturated rings. The molecule has 0 unspecified atom stereocenters. The van der Waals surface area contributed by atoms with Crippen molar-refractivity contribution in [2.45, 2.75) is 12.8 Å². The van der Waals surface area contributed by atoms with Gasteiger partial charge in [0.1, 0.15) is 10.5 Å². The molecule has 0 bridgehead atoms. The molecule has 0 aliphatic carbocycles. The van der Waals surface area contributed by atoms with E-state index in [1.807, 2.05) is 0 Å². The van der Waals surface area contributed by atoms with Crippen LogP contribution in [-0.2, 0) is 9.53 Å². The van der Waals surface area contributed by atoms with Gasteiger partial charge in [-0.25, -0.2) is 4.79 Å². The standard InChI is InChI=1S/C24H17Cl2N3O3S/c1-2-32-24(31)20-19(14-8-4-6-10-17(14)26)15(12-27)21(28)29-22(30)18(33-23(20)29)11-13-7-3-5-9-16(13)25/h3-11,19H,2,28H2,1H3/t19-/m1/s1. The molecule has 0 saturated carbocycles. The largest absolute Gasteiger partial charge is 0.463 e. The van der Waals surface area contributed by atoms with E-state index in [1.54, 1.807) is 61.5 Å². The van der Waals surface area contributed by atoms with Gasteiger partial charge in [0.05, 0.1) is 34.3 Å². The molecular weight excluding hydrogens is 481 g/mol. The van der Waals surface area contributed by atoms with E-state index in [4.69, 9.17) is 33.7 Å². The van der Waals surface area contributed by atoms with E-state index in [0.717, 1.165) is 11.3 Å². The molecule has 4 rings (SSSR count). The zero-order chi connectivity index (χ0) is 23.7. The summed E-state index contributed by atoms with van der Waals surface area (Å²) in [6.07, 6.45) is 1.63. The van der Waals surface area contributed by atoms with Crippen molar-refractivity contribution < 1.29 is 9.53 Å². The number of esters is 1. The van der Waals surface area contributed by atoms with Crippen LogP contribution in [0.2, 0.25) is 10.0 Å². The van der Waals surface area contributed by atoms with E-state index >= 15 is 0 Å². The van der Waals surface area contributed by atoms with Crippen LogP contribution in [0.15, 0.2) is 58.9 Å². The molecule has 1 aliphatic rings. The average molecular weight is 498 g/mol. The van der Waals surface area contributed by atoms with Crippen molar-refractivity contribution >= 4 is 58.0 Å². The zero-order valence-corrected chi connectivity index (χ0v) is 19.7. The van der Waals surface area contributed by atoms with Gasteiger partial charge in [-0.15, -0.1) is 11.3 Å². The van der Waals surface area contributed by atoms with Gasteiger partial charge in [-0.3, -0.25) is 9.36 Å². The molecule has 1 atom stereocenters. The van der Waals surface area contributed by atoms with Crippen molar-refractivity contribution in [3.8, 4) is 6.07 Å². The number of allylic oxidation sites excluding steroid dienone is 1. The fraction of sp³-hybridized carbons (Fsp3) is 0.125. The Balaban J connectivity index is 2.14. The van der Waals surface area contributed by atoms with Gasteiger partial charge in [0.15, 0.2) is 0 Å². The quantitative estimate of drug-likeness (QED) is 0.558. The van der Waals surface area contributed by atoms with E-state index in [9.17, 15) is 14.9 Å². The first-order chi connectivity index (χ1) is 15.9.